The van der Waals surface area contributed by atoms with E-state index in [0.717, 1.165) is 28.2 Å². The predicted octanol–water partition coefficient (Wildman–Crippen LogP) is 4.01. The number of hydrogen-bond donors (Lipinski definition) is 1. The van der Waals surface area contributed by atoms with Crippen LogP contribution >= 0.6 is 0 Å². The first-order chi connectivity index (χ1) is 10.3. The second-order valence-electron chi connectivity index (χ2n) is 5.65. The lowest BCUT2D eigenvalue weighted by molar-refractivity contribution is 0.0937. The van der Waals surface area contributed by atoms with E-state index in [1.54, 1.807) is 7.11 Å². The Morgan fingerprint density at radius 1 is 1.18 bits per heavy atom. The number of nitrogens with one attached hydrogen (secondary N) is 1. The minimum atomic E-state index is -0.156. The van der Waals surface area contributed by atoms with Crippen LogP contribution in [0.4, 0.5) is 0 Å². The fraction of sp³-hybridized carbons (Fsp3) is 0.389. The van der Waals surface area contributed by atoms with Crippen LogP contribution < -0.4 is 10.1 Å². The van der Waals surface area contributed by atoms with E-state index < -0.39 is 0 Å². The van der Waals surface area contributed by atoms with Crippen molar-refractivity contribution >= 4 is 5.91 Å². The van der Waals surface area contributed by atoms with Crippen LogP contribution in [-0.2, 0) is 0 Å². The number of aryl methyl sites for hydroxylation is 3. The van der Waals surface area contributed by atoms with Gasteiger partial charge >= 0.3 is 0 Å². The van der Waals surface area contributed by atoms with Crippen LogP contribution in [0.5, 0.6) is 5.75 Å². The molecule has 1 heterocycles. The summed E-state index contributed by atoms with van der Waals surface area (Å²) in [6, 6.07) is 5.79. The molecule has 1 atom stereocenters. The zero-order valence-corrected chi connectivity index (χ0v) is 14.0. The fourth-order valence-electron chi connectivity index (χ4n) is 2.67. The number of carbonyl (C=O) groups excluding carboxylic acids is 1. The predicted molar refractivity (Wildman–Crippen MR) is 86.5 cm³/mol. The molecule has 0 aliphatic rings. The highest BCUT2D eigenvalue weighted by atomic mass is 16.5. The Bertz CT molecular complexity index is 701. The second kappa shape index (κ2) is 6.26. The molecule has 0 radical (unpaired) electrons. The Balaban J connectivity index is 2.27. The highest BCUT2D eigenvalue weighted by Crippen LogP contribution is 2.27. The molecule has 1 aromatic heterocycles. The summed E-state index contributed by atoms with van der Waals surface area (Å²) in [7, 11) is 1.64. The molecule has 0 bridgehead atoms. The molecular weight excluding hydrogens is 278 g/mol. The summed E-state index contributed by atoms with van der Waals surface area (Å²) in [5.74, 6) is 2.08. The maximum Gasteiger partial charge on any atom is 0.255 e. The zero-order valence-electron chi connectivity index (χ0n) is 14.0. The highest BCUT2D eigenvalue weighted by molar-refractivity contribution is 5.97. The average Bonchev–Trinajstić information content (AvgIpc) is 2.71. The maximum atomic E-state index is 12.6. The van der Waals surface area contributed by atoms with Crippen molar-refractivity contribution in [1.29, 1.82) is 0 Å². The summed E-state index contributed by atoms with van der Waals surface area (Å²) in [5, 5.41) is 3.03. The molecule has 1 unspecified atom stereocenters. The van der Waals surface area contributed by atoms with E-state index in [9.17, 15) is 4.79 Å². The van der Waals surface area contributed by atoms with E-state index in [2.05, 4.69) is 5.32 Å². The summed E-state index contributed by atoms with van der Waals surface area (Å²) in [6.45, 7) is 9.55. The van der Waals surface area contributed by atoms with Gasteiger partial charge in [-0.2, -0.15) is 0 Å². The Labute approximate surface area is 131 Å². The maximum absolute atomic E-state index is 12.6. The molecule has 118 valence electrons. The van der Waals surface area contributed by atoms with Crippen LogP contribution in [0.15, 0.2) is 22.6 Å². The van der Waals surface area contributed by atoms with Crippen molar-refractivity contribution in [2.75, 3.05) is 7.11 Å². The van der Waals surface area contributed by atoms with E-state index in [-0.39, 0.29) is 11.9 Å². The SMILES string of the molecule is COc1ccc(C)cc1C(C)NC(=O)c1c(C)oc(C)c1C. The Kier molecular flexibility index (Phi) is 4.59. The van der Waals surface area contributed by atoms with Crippen LogP contribution in [0.1, 0.15) is 51.5 Å². The Morgan fingerprint density at radius 2 is 1.86 bits per heavy atom. The first-order valence-electron chi connectivity index (χ1n) is 7.37. The molecule has 0 saturated carbocycles. The Morgan fingerprint density at radius 3 is 2.41 bits per heavy atom. The summed E-state index contributed by atoms with van der Waals surface area (Å²) in [6.07, 6.45) is 0. The van der Waals surface area contributed by atoms with E-state index in [1.165, 1.54) is 0 Å². The number of carbonyl (C=O) groups is 1. The van der Waals surface area contributed by atoms with Crippen LogP contribution in [0.2, 0.25) is 0 Å². The summed E-state index contributed by atoms with van der Waals surface area (Å²) < 4.78 is 10.9. The van der Waals surface area contributed by atoms with Gasteiger partial charge in [-0.15, -0.1) is 0 Å². The van der Waals surface area contributed by atoms with Crippen molar-refractivity contribution in [3.05, 3.63) is 52.0 Å². The molecule has 4 nitrogen and oxygen atoms in total. The third kappa shape index (κ3) is 3.01. The van der Waals surface area contributed by atoms with Gasteiger partial charge in [0.1, 0.15) is 17.3 Å². The summed E-state index contributed by atoms with van der Waals surface area (Å²) in [5.41, 5.74) is 3.60. The number of amides is 1. The molecule has 1 amide bonds. The van der Waals surface area contributed by atoms with E-state index in [0.29, 0.717) is 11.3 Å². The Hall–Kier alpha value is -2.23. The van der Waals surface area contributed by atoms with Gasteiger partial charge in [0.25, 0.3) is 5.91 Å². The molecule has 22 heavy (non-hydrogen) atoms. The van der Waals surface area contributed by atoms with E-state index >= 15 is 0 Å². The third-order valence-corrected chi connectivity index (χ3v) is 3.99. The summed E-state index contributed by atoms with van der Waals surface area (Å²) >= 11 is 0. The van der Waals surface area contributed by atoms with Crippen molar-refractivity contribution < 1.29 is 13.9 Å². The number of benzene rings is 1. The standard InChI is InChI=1S/C18H23NO3/c1-10-7-8-16(21-6)15(9-10)12(3)19-18(20)17-11(2)13(4)22-14(17)5/h7-9,12H,1-6H3,(H,19,20). The monoisotopic (exact) mass is 301 g/mol. The van der Waals surface area contributed by atoms with Gasteiger partial charge in [0, 0.05) is 11.1 Å². The molecule has 4 heteroatoms. The first-order valence-corrected chi connectivity index (χ1v) is 7.37. The quantitative estimate of drug-likeness (QED) is 0.928. The van der Waals surface area contributed by atoms with Crippen molar-refractivity contribution in [2.45, 2.75) is 40.7 Å². The molecular formula is C18H23NO3. The fourth-order valence-corrected chi connectivity index (χ4v) is 2.67. The van der Waals surface area contributed by atoms with Crippen molar-refractivity contribution in [1.82, 2.24) is 5.32 Å². The molecule has 2 rings (SSSR count). The number of furan rings is 1. The number of methoxy groups -OCH3 is 1. The average molecular weight is 301 g/mol. The van der Waals surface area contributed by atoms with Gasteiger partial charge in [0.05, 0.1) is 18.7 Å². The molecule has 0 aliphatic carbocycles. The van der Waals surface area contributed by atoms with Crippen molar-refractivity contribution in [2.24, 2.45) is 0 Å². The van der Waals surface area contributed by atoms with Gasteiger partial charge in [-0.25, -0.2) is 0 Å². The lowest BCUT2D eigenvalue weighted by atomic mass is 10.0. The van der Waals surface area contributed by atoms with Gasteiger partial charge in [-0.3, -0.25) is 4.79 Å². The number of rotatable bonds is 4. The van der Waals surface area contributed by atoms with Crippen molar-refractivity contribution in [3.8, 4) is 5.75 Å². The second-order valence-corrected chi connectivity index (χ2v) is 5.65. The van der Waals surface area contributed by atoms with Crippen LogP contribution in [0.3, 0.4) is 0 Å². The van der Waals surface area contributed by atoms with Crippen LogP contribution in [0, 0.1) is 27.7 Å². The third-order valence-electron chi connectivity index (χ3n) is 3.99. The molecule has 0 aliphatic heterocycles. The lowest BCUT2D eigenvalue weighted by Crippen LogP contribution is -2.27. The minimum Gasteiger partial charge on any atom is -0.496 e. The molecule has 1 aromatic carbocycles. The van der Waals surface area contributed by atoms with Crippen LogP contribution in [0.25, 0.3) is 0 Å². The largest absolute Gasteiger partial charge is 0.496 e. The van der Waals surface area contributed by atoms with Crippen molar-refractivity contribution in [3.63, 3.8) is 0 Å². The van der Waals surface area contributed by atoms with Gasteiger partial charge in [-0.1, -0.05) is 17.7 Å². The van der Waals surface area contributed by atoms with Gasteiger partial charge in [-0.05, 0) is 40.7 Å². The first kappa shape index (κ1) is 16.1. The topological polar surface area (TPSA) is 51.5 Å². The molecule has 0 fully saturated rings. The van der Waals surface area contributed by atoms with Gasteiger partial charge in [0.15, 0.2) is 0 Å². The normalized spacial score (nSPS) is 12.1. The van der Waals surface area contributed by atoms with E-state index in [1.807, 2.05) is 52.8 Å². The molecule has 0 spiro atoms. The smallest absolute Gasteiger partial charge is 0.255 e. The van der Waals surface area contributed by atoms with Gasteiger partial charge < -0.3 is 14.5 Å². The van der Waals surface area contributed by atoms with Crippen LogP contribution in [-0.4, -0.2) is 13.0 Å². The lowest BCUT2D eigenvalue weighted by Gasteiger charge is -2.18. The van der Waals surface area contributed by atoms with E-state index in [4.69, 9.17) is 9.15 Å². The summed E-state index contributed by atoms with van der Waals surface area (Å²) in [4.78, 5) is 12.6. The molecule has 1 N–H and O–H groups in total. The molecule has 0 saturated heterocycles. The number of hydrogen-bond acceptors (Lipinski definition) is 3. The molecule has 2 aromatic rings. The number of ether oxygens (including phenoxy) is 1. The zero-order chi connectivity index (χ0) is 16.4. The minimum absolute atomic E-state index is 0.122. The van der Waals surface area contributed by atoms with Gasteiger partial charge in [0.2, 0.25) is 0 Å². The highest BCUT2D eigenvalue weighted by Gasteiger charge is 2.21.